The van der Waals surface area contributed by atoms with E-state index >= 15 is 0 Å². The van der Waals surface area contributed by atoms with Crippen LogP contribution in [0.2, 0.25) is 15.9 Å². The maximum Gasteiger partial charge on any atom is 0.0814 e. The first-order valence-corrected chi connectivity index (χ1v) is 6.79. The zero-order valence-electron chi connectivity index (χ0n) is 13.2. The molecule has 0 saturated carbocycles. The molecule has 0 atom stereocenters. The van der Waals surface area contributed by atoms with Gasteiger partial charge < -0.3 is 0 Å². The van der Waals surface area contributed by atoms with Gasteiger partial charge >= 0.3 is 0 Å². The molecule has 0 saturated heterocycles. The molecule has 0 bridgehead atoms. The molecule has 0 spiro atoms. The van der Waals surface area contributed by atoms with E-state index in [0.717, 1.165) is 6.39 Å². The lowest BCUT2D eigenvalue weighted by Gasteiger charge is -2.31. The molecule has 0 amide bonds. The van der Waals surface area contributed by atoms with E-state index in [4.69, 9.17) is 0 Å². The Bertz CT molecular complexity index is 166. The van der Waals surface area contributed by atoms with Gasteiger partial charge in [0, 0.05) is 6.39 Å². The molecule has 0 aromatic rings. The molecule has 0 aliphatic heterocycles. The van der Waals surface area contributed by atoms with E-state index in [9.17, 15) is 0 Å². The van der Waals surface area contributed by atoms with Crippen LogP contribution < -0.4 is 0 Å². The summed E-state index contributed by atoms with van der Waals surface area (Å²) in [5.41, 5.74) is 0. The lowest BCUT2D eigenvalue weighted by molar-refractivity contribution is 0.754. The summed E-state index contributed by atoms with van der Waals surface area (Å²) in [6.45, 7) is 21.3. The molecule has 0 radical (unpaired) electrons. The van der Waals surface area contributed by atoms with Crippen LogP contribution in [0.3, 0.4) is 0 Å². The molecular formula is C12H30B4. The summed E-state index contributed by atoms with van der Waals surface area (Å²) < 4.78 is 0. The van der Waals surface area contributed by atoms with E-state index in [1.54, 1.807) is 0 Å². The van der Waals surface area contributed by atoms with Crippen molar-refractivity contribution >= 4 is 27.9 Å². The van der Waals surface area contributed by atoms with Crippen LogP contribution in [0, 0.1) is 0 Å². The van der Waals surface area contributed by atoms with Crippen LogP contribution in [0.5, 0.6) is 0 Å². The highest BCUT2D eigenvalue weighted by molar-refractivity contribution is 7.61. The first-order chi connectivity index (χ1) is 6.79. The van der Waals surface area contributed by atoms with Gasteiger partial charge in [-0.25, -0.2) is 0 Å². The topological polar surface area (TPSA) is 0 Å². The Kier molecular flexibility index (Phi) is 5.36. The minimum atomic E-state index is 0.459. The fourth-order valence-electron chi connectivity index (χ4n) is 2.81. The monoisotopic (exact) mass is 218 g/mol. The van der Waals surface area contributed by atoms with E-state index in [2.05, 4.69) is 62.3 Å². The van der Waals surface area contributed by atoms with Crippen molar-refractivity contribution in [1.29, 1.82) is 0 Å². The fourth-order valence-corrected chi connectivity index (χ4v) is 2.81. The van der Waals surface area contributed by atoms with Gasteiger partial charge in [-0.15, -0.1) is 0 Å². The van der Waals surface area contributed by atoms with Crippen molar-refractivity contribution < 1.29 is 0 Å². The molecule has 4 heteroatoms. The van der Waals surface area contributed by atoms with Crippen molar-refractivity contribution in [3.63, 3.8) is 0 Å². The van der Waals surface area contributed by atoms with E-state index < -0.39 is 0 Å². The van der Waals surface area contributed by atoms with Crippen molar-refractivity contribution in [2.24, 2.45) is 0 Å². The predicted molar refractivity (Wildman–Crippen MR) is 86.3 cm³/mol. The molecule has 0 heterocycles. The molecule has 16 heavy (non-hydrogen) atoms. The van der Waals surface area contributed by atoms with Crippen molar-refractivity contribution in [3.05, 3.63) is 0 Å². The van der Waals surface area contributed by atoms with E-state index in [0.29, 0.717) is 15.9 Å². The zero-order valence-corrected chi connectivity index (χ0v) is 13.2. The maximum atomic E-state index is 2.37. The van der Waals surface area contributed by atoms with Gasteiger partial charge in [0.2, 0.25) is 0 Å². The van der Waals surface area contributed by atoms with Gasteiger partial charge in [0.25, 0.3) is 0 Å². The van der Waals surface area contributed by atoms with Crippen LogP contribution in [0.4, 0.5) is 0 Å². The van der Waals surface area contributed by atoms with Crippen molar-refractivity contribution in [2.45, 2.75) is 78.3 Å². The number of rotatable bonds is 3. The zero-order chi connectivity index (χ0) is 13.2. The summed E-state index contributed by atoms with van der Waals surface area (Å²) >= 11 is 0. The Labute approximate surface area is 106 Å². The van der Waals surface area contributed by atoms with Crippen LogP contribution >= 0.6 is 0 Å². The second kappa shape index (κ2) is 5.27. The van der Waals surface area contributed by atoms with Crippen LogP contribution in [0.15, 0.2) is 0 Å². The lowest BCUT2D eigenvalue weighted by atomic mass is 8.84. The molecule has 0 nitrogen and oxygen atoms in total. The van der Waals surface area contributed by atoms with Crippen LogP contribution in [0.25, 0.3) is 0 Å². The van der Waals surface area contributed by atoms with Gasteiger partial charge in [0.1, 0.15) is 0 Å². The summed E-state index contributed by atoms with van der Waals surface area (Å²) in [5.74, 6) is 0. The lowest BCUT2D eigenvalue weighted by Crippen LogP contribution is -2.47. The Hall–Kier alpha value is 0.260. The third-order valence-electron chi connectivity index (χ3n) is 2.70. The largest absolute Gasteiger partial charge is 0.0814 e. The molecule has 0 N–H and O–H groups in total. The summed E-state index contributed by atoms with van der Waals surface area (Å²) in [7, 11) is 4.05. The average molecular weight is 218 g/mol. The molecule has 90 valence electrons. The van der Waals surface area contributed by atoms with Crippen molar-refractivity contribution in [1.82, 2.24) is 0 Å². The Balaban J connectivity index is 4.53. The van der Waals surface area contributed by atoms with E-state index in [1.165, 1.54) is 21.5 Å². The molecule has 0 rings (SSSR count). The van der Waals surface area contributed by atoms with Gasteiger partial charge in [-0.1, -0.05) is 78.3 Å². The summed E-state index contributed by atoms with van der Waals surface area (Å²) in [6, 6.07) is 0. The standard InChI is InChI=1S/C12H30B4/c1-10(2,3)13-16(14-11(4,5)6)15-12(7,8)9/h13-15H,1-9H3. The molecule has 0 fully saturated rings. The fraction of sp³-hybridized carbons (Fsp3) is 1.00. The Morgan fingerprint density at radius 3 is 0.812 bits per heavy atom. The average Bonchev–Trinajstić information content (AvgIpc) is 1.70. The van der Waals surface area contributed by atoms with Crippen LogP contribution in [0.1, 0.15) is 62.3 Å². The van der Waals surface area contributed by atoms with Gasteiger partial charge in [-0.2, -0.15) is 0 Å². The molecule has 0 aliphatic rings. The van der Waals surface area contributed by atoms with Gasteiger partial charge in [-0.3, -0.25) is 0 Å². The Morgan fingerprint density at radius 1 is 0.500 bits per heavy atom. The van der Waals surface area contributed by atoms with Crippen LogP contribution in [-0.2, 0) is 0 Å². The molecule has 0 aliphatic carbocycles. The maximum absolute atomic E-state index is 2.37. The first-order valence-electron chi connectivity index (χ1n) is 6.79. The Morgan fingerprint density at radius 2 is 0.688 bits per heavy atom. The highest BCUT2D eigenvalue weighted by Gasteiger charge is 2.32. The highest BCUT2D eigenvalue weighted by atomic mass is 14.0. The third kappa shape index (κ3) is 10.8. The quantitative estimate of drug-likeness (QED) is 0.638. The third-order valence-corrected chi connectivity index (χ3v) is 2.70. The molecular weight excluding hydrogens is 187 g/mol. The SMILES string of the molecule is CC(C)(C)BB(BC(C)(C)C)BC(C)(C)C. The summed E-state index contributed by atoms with van der Waals surface area (Å²) in [5, 5.41) is 1.38. The summed E-state index contributed by atoms with van der Waals surface area (Å²) in [6.07, 6.45) is 0.861. The second-order valence-electron chi connectivity index (χ2n) is 9.16. The molecule has 0 unspecified atom stereocenters. The van der Waals surface area contributed by atoms with Gasteiger partial charge in [0.05, 0.1) is 21.5 Å². The van der Waals surface area contributed by atoms with Crippen molar-refractivity contribution in [2.75, 3.05) is 0 Å². The number of hydrogen-bond acceptors (Lipinski definition) is 0. The van der Waals surface area contributed by atoms with Gasteiger partial charge in [-0.05, 0) is 0 Å². The highest BCUT2D eigenvalue weighted by Crippen LogP contribution is 2.29. The minimum absolute atomic E-state index is 0.459. The van der Waals surface area contributed by atoms with Gasteiger partial charge in [0.15, 0.2) is 0 Å². The van der Waals surface area contributed by atoms with E-state index in [-0.39, 0.29) is 0 Å². The smallest absolute Gasteiger partial charge is 0.0714 e. The first kappa shape index (κ1) is 16.3. The molecule has 0 aromatic heterocycles. The minimum Gasteiger partial charge on any atom is -0.0714 e. The number of hydrogen-bond donors (Lipinski definition) is 0. The summed E-state index contributed by atoms with van der Waals surface area (Å²) in [4.78, 5) is 0. The molecule has 0 aromatic carbocycles. The van der Waals surface area contributed by atoms with Crippen molar-refractivity contribution in [3.8, 4) is 0 Å². The van der Waals surface area contributed by atoms with Crippen LogP contribution in [-0.4, -0.2) is 27.9 Å². The second-order valence-corrected chi connectivity index (χ2v) is 9.16. The predicted octanol–water partition coefficient (Wildman–Crippen LogP) is 2.94. The normalized spacial score (nSPS) is 13.3. The van der Waals surface area contributed by atoms with E-state index in [1.807, 2.05) is 0 Å².